The number of aliphatic carboxylic acids is 1. The summed E-state index contributed by atoms with van der Waals surface area (Å²) in [5.74, 6) is -2.03. The number of piperidine rings is 1. The van der Waals surface area contributed by atoms with Gasteiger partial charge in [0.25, 0.3) is 5.91 Å². The van der Waals surface area contributed by atoms with Crippen molar-refractivity contribution in [1.29, 1.82) is 0 Å². The maximum atomic E-state index is 13.8. The quantitative estimate of drug-likeness (QED) is 0.187. The molecule has 250 valence electrons. The molecule has 0 saturated carbocycles. The number of nitrogens with one attached hydrogen (secondary N) is 2. The Hall–Kier alpha value is -3.99. The lowest BCUT2D eigenvalue weighted by Crippen LogP contribution is -2.41. The molecule has 0 unspecified atom stereocenters. The SMILES string of the molecule is CCCC[C@H](NCc1sc(NC(=O)c2cnc(N3CCC(C(=O)O)CC3)cn2)nc1-c1ccc(OC)c(C(F)(F)F)c1)C(F)(F)F. The zero-order chi connectivity index (χ0) is 33.6. The van der Waals surface area contributed by atoms with Gasteiger partial charge in [-0.1, -0.05) is 31.1 Å². The Morgan fingerprint density at radius 2 is 1.85 bits per heavy atom. The zero-order valence-electron chi connectivity index (χ0n) is 24.8. The molecular formula is C29H32F6N6O4S. The molecule has 0 bridgehead atoms. The zero-order valence-corrected chi connectivity index (χ0v) is 25.7. The van der Waals surface area contributed by atoms with Gasteiger partial charge in [0.2, 0.25) is 0 Å². The molecule has 1 aliphatic heterocycles. The minimum atomic E-state index is -4.79. The third-order valence-electron chi connectivity index (χ3n) is 7.49. The molecule has 1 fully saturated rings. The van der Waals surface area contributed by atoms with Gasteiger partial charge in [-0.15, -0.1) is 0 Å². The van der Waals surface area contributed by atoms with Crippen LogP contribution in [0.15, 0.2) is 30.6 Å². The van der Waals surface area contributed by atoms with Crippen molar-refractivity contribution in [3.05, 3.63) is 46.7 Å². The third kappa shape index (κ3) is 8.63. The Bertz CT molecular complexity index is 1510. The first-order valence-corrected chi connectivity index (χ1v) is 15.2. The number of hydrogen-bond acceptors (Lipinski definition) is 9. The van der Waals surface area contributed by atoms with E-state index >= 15 is 0 Å². The summed E-state index contributed by atoms with van der Waals surface area (Å²) in [6.07, 6.45) is -5.24. The standard InChI is InChI=1S/C29H32F6N6O4S/c1-3-4-5-22(29(33,34)35)37-14-21-24(17-6-7-20(45-2)18(12-17)28(30,31)32)39-27(46-21)40-25(42)19-13-38-23(15-36-19)41-10-8-16(9-11-41)26(43)44/h6-7,12-13,15-16,22,37H,3-5,8-11,14H2,1-2H3,(H,43,44)(H,39,40,42)/t22-/m0/s1. The summed E-state index contributed by atoms with van der Waals surface area (Å²) in [4.78, 5) is 38.9. The van der Waals surface area contributed by atoms with Crippen LogP contribution in [-0.4, -0.2) is 64.4 Å². The molecule has 1 amide bonds. The van der Waals surface area contributed by atoms with E-state index in [0.29, 0.717) is 44.6 Å². The first-order chi connectivity index (χ1) is 21.7. The highest BCUT2D eigenvalue weighted by Crippen LogP contribution is 2.40. The van der Waals surface area contributed by atoms with Crippen LogP contribution in [0.1, 0.15) is 60.0 Å². The molecule has 3 heterocycles. The van der Waals surface area contributed by atoms with Crippen LogP contribution in [-0.2, 0) is 17.5 Å². The number of carbonyl (C=O) groups excluding carboxylic acids is 1. The van der Waals surface area contributed by atoms with Crippen molar-refractivity contribution in [2.75, 3.05) is 30.4 Å². The second kappa shape index (κ2) is 14.6. The minimum absolute atomic E-state index is 0.0328. The predicted molar refractivity (Wildman–Crippen MR) is 158 cm³/mol. The van der Waals surface area contributed by atoms with Gasteiger partial charge in [0.1, 0.15) is 23.3 Å². The lowest BCUT2D eigenvalue weighted by Gasteiger charge is -2.30. The molecule has 10 nitrogen and oxygen atoms in total. The van der Waals surface area contributed by atoms with Crippen LogP contribution in [0.25, 0.3) is 11.3 Å². The number of halogens is 6. The number of hydrogen-bond donors (Lipinski definition) is 3. The number of amides is 1. The number of ether oxygens (including phenoxy) is 1. The monoisotopic (exact) mass is 674 g/mol. The highest BCUT2D eigenvalue weighted by Gasteiger charge is 2.39. The van der Waals surface area contributed by atoms with Crippen LogP contribution in [0.2, 0.25) is 0 Å². The minimum Gasteiger partial charge on any atom is -0.496 e. The summed E-state index contributed by atoms with van der Waals surface area (Å²) in [6.45, 7) is 2.28. The van der Waals surface area contributed by atoms with E-state index in [2.05, 4.69) is 25.6 Å². The molecule has 4 rings (SSSR count). The maximum Gasteiger partial charge on any atom is 0.419 e. The Kier molecular flexibility index (Phi) is 11.1. The number of carbonyl (C=O) groups is 2. The van der Waals surface area contributed by atoms with E-state index < -0.39 is 47.5 Å². The number of alkyl halides is 6. The van der Waals surface area contributed by atoms with E-state index in [4.69, 9.17) is 4.74 Å². The number of thiazole rings is 1. The lowest BCUT2D eigenvalue weighted by molar-refractivity contribution is -0.158. The van der Waals surface area contributed by atoms with Crippen LogP contribution in [0, 0.1) is 5.92 Å². The fraction of sp³-hybridized carbons (Fsp3) is 0.483. The number of nitrogens with zero attached hydrogens (tertiary/aromatic N) is 4. The van der Waals surface area contributed by atoms with E-state index in [9.17, 15) is 41.0 Å². The van der Waals surface area contributed by atoms with Gasteiger partial charge in [-0.25, -0.2) is 15.0 Å². The van der Waals surface area contributed by atoms with Crippen molar-refractivity contribution < 1.29 is 45.8 Å². The Morgan fingerprint density at radius 3 is 2.41 bits per heavy atom. The molecule has 2 aromatic heterocycles. The fourth-order valence-corrected chi connectivity index (χ4v) is 5.88. The summed E-state index contributed by atoms with van der Waals surface area (Å²) in [7, 11) is 1.08. The van der Waals surface area contributed by atoms with E-state index in [1.54, 1.807) is 6.92 Å². The molecule has 1 aromatic carbocycles. The van der Waals surface area contributed by atoms with Gasteiger partial charge in [0.15, 0.2) is 5.13 Å². The summed E-state index contributed by atoms with van der Waals surface area (Å²) in [5, 5.41) is 14.1. The van der Waals surface area contributed by atoms with Crippen molar-refractivity contribution in [2.45, 2.75) is 64.0 Å². The number of anilines is 2. The summed E-state index contributed by atoms with van der Waals surface area (Å²) in [6, 6.07) is 1.34. The lowest BCUT2D eigenvalue weighted by atomic mass is 9.97. The largest absolute Gasteiger partial charge is 0.496 e. The molecule has 0 aliphatic carbocycles. The average molecular weight is 675 g/mol. The number of carboxylic acid groups (broad SMARTS) is 1. The highest BCUT2D eigenvalue weighted by atomic mass is 32.1. The van der Waals surface area contributed by atoms with Crippen molar-refractivity contribution in [1.82, 2.24) is 20.3 Å². The van der Waals surface area contributed by atoms with Gasteiger partial charge in [0.05, 0.1) is 36.7 Å². The topological polar surface area (TPSA) is 130 Å². The summed E-state index contributed by atoms with van der Waals surface area (Å²) >= 11 is 0.816. The number of benzene rings is 1. The molecule has 1 aliphatic rings. The molecule has 0 spiro atoms. The van der Waals surface area contributed by atoms with Gasteiger partial charge < -0.3 is 20.1 Å². The fourth-order valence-electron chi connectivity index (χ4n) is 4.95. The van der Waals surface area contributed by atoms with Gasteiger partial charge in [0, 0.05) is 30.1 Å². The number of rotatable bonds is 12. The van der Waals surface area contributed by atoms with Crippen molar-refractivity contribution in [3.8, 4) is 17.0 Å². The van der Waals surface area contributed by atoms with Crippen molar-refractivity contribution in [3.63, 3.8) is 0 Å². The Balaban J connectivity index is 1.58. The number of carboxylic acids is 1. The van der Waals surface area contributed by atoms with Crippen LogP contribution in [0.4, 0.5) is 37.3 Å². The molecular weight excluding hydrogens is 642 g/mol. The van der Waals surface area contributed by atoms with Crippen LogP contribution in [0.5, 0.6) is 5.75 Å². The van der Waals surface area contributed by atoms with Gasteiger partial charge >= 0.3 is 18.3 Å². The smallest absolute Gasteiger partial charge is 0.419 e. The van der Waals surface area contributed by atoms with E-state index in [1.807, 2.05) is 4.90 Å². The Labute approximate surface area is 264 Å². The molecule has 3 N–H and O–H groups in total. The average Bonchev–Trinajstić information content (AvgIpc) is 3.42. The van der Waals surface area contributed by atoms with Crippen molar-refractivity contribution in [2.24, 2.45) is 5.92 Å². The van der Waals surface area contributed by atoms with E-state index in [-0.39, 0.29) is 39.9 Å². The number of methoxy groups -OCH3 is 1. The molecule has 0 radical (unpaired) electrons. The van der Waals surface area contributed by atoms with Gasteiger partial charge in [-0.2, -0.15) is 26.3 Å². The number of aromatic nitrogens is 3. The molecule has 1 saturated heterocycles. The predicted octanol–water partition coefficient (Wildman–Crippen LogP) is 6.39. The second-order valence-electron chi connectivity index (χ2n) is 10.6. The second-order valence-corrected chi connectivity index (χ2v) is 11.7. The molecule has 3 aromatic rings. The van der Waals surface area contributed by atoms with Crippen LogP contribution < -0.4 is 20.3 Å². The molecule has 46 heavy (non-hydrogen) atoms. The Morgan fingerprint density at radius 1 is 1.13 bits per heavy atom. The van der Waals surface area contributed by atoms with Gasteiger partial charge in [-0.3, -0.25) is 14.9 Å². The number of unbranched alkanes of at least 4 members (excludes halogenated alkanes) is 1. The van der Waals surface area contributed by atoms with Crippen LogP contribution >= 0.6 is 11.3 Å². The van der Waals surface area contributed by atoms with E-state index in [1.165, 1.54) is 18.5 Å². The van der Waals surface area contributed by atoms with Crippen LogP contribution in [0.3, 0.4) is 0 Å². The van der Waals surface area contributed by atoms with E-state index in [0.717, 1.165) is 30.6 Å². The summed E-state index contributed by atoms with van der Waals surface area (Å²) in [5.41, 5.74) is -1.28. The molecule has 1 atom stereocenters. The highest BCUT2D eigenvalue weighted by molar-refractivity contribution is 7.16. The van der Waals surface area contributed by atoms with Gasteiger partial charge in [-0.05, 0) is 37.5 Å². The first kappa shape index (κ1) is 34.9. The summed E-state index contributed by atoms with van der Waals surface area (Å²) < 4.78 is 87.2. The van der Waals surface area contributed by atoms with Crippen molar-refractivity contribution >= 4 is 34.2 Å². The normalized spacial score (nSPS) is 15.1. The third-order valence-corrected chi connectivity index (χ3v) is 8.46. The molecule has 17 heteroatoms. The first-order valence-electron chi connectivity index (χ1n) is 14.4. The maximum absolute atomic E-state index is 13.8.